The number of aliphatic hydroxyl groups is 1. The Morgan fingerprint density at radius 2 is 1.91 bits per heavy atom. The summed E-state index contributed by atoms with van der Waals surface area (Å²) in [7, 11) is 0. The average molecular weight is 481 g/mol. The number of hydrogen-bond acceptors (Lipinski definition) is 5. The molecule has 0 saturated carbocycles. The van der Waals surface area contributed by atoms with E-state index >= 15 is 0 Å². The van der Waals surface area contributed by atoms with E-state index in [-0.39, 0.29) is 23.2 Å². The molecule has 0 radical (unpaired) electrons. The number of anilines is 1. The van der Waals surface area contributed by atoms with Crippen molar-refractivity contribution in [1.82, 2.24) is 14.8 Å². The molecular weight excluding hydrogens is 457 g/mol. The number of hydrogen-bond donors (Lipinski definition) is 1. The Kier molecular flexibility index (Phi) is 6.92. The minimum absolute atomic E-state index is 0.0745. The van der Waals surface area contributed by atoms with Crippen LogP contribution in [0.25, 0.3) is 0 Å². The van der Waals surface area contributed by atoms with Crippen LogP contribution in [0.15, 0.2) is 49.1 Å². The van der Waals surface area contributed by atoms with Crippen LogP contribution >= 0.6 is 11.6 Å². The van der Waals surface area contributed by atoms with Crippen LogP contribution in [0.4, 0.5) is 18.9 Å². The van der Waals surface area contributed by atoms with Crippen molar-refractivity contribution in [3.8, 4) is 0 Å². The number of ether oxygens (including phenoxy) is 1. The number of rotatable bonds is 7. The van der Waals surface area contributed by atoms with Gasteiger partial charge in [-0.2, -0.15) is 5.10 Å². The Morgan fingerprint density at radius 3 is 2.55 bits per heavy atom. The van der Waals surface area contributed by atoms with Gasteiger partial charge >= 0.3 is 0 Å². The molecule has 1 saturated heterocycles. The molecule has 176 valence electrons. The molecule has 2 aromatic carbocycles. The van der Waals surface area contributed by atoms with E-state index in [1.165, 1.54) is 35.5 Å². The molecule has 10 heteroatoms. The van der Waals surface area contributed by atoms with Crippen molar-refractivity contribution in [1.29, 1.82) is 0 Å². The second-order valence-corrected chi connectivity index (χ2v) is 8.61. The summed E-state index contributed by atoms with van der Waals surface area (Å²) in [6.07, 6.45) is 2.91. The topological polar surface area (TPSA) is 63.4 Å². The third kappa shape index (κ3) is 5.15. The predicted octanol–water partition coefficient (Wildman–Crippen LogP) is 4.31. The molecule has 0 unspecified atom stereocenters. The molecule has 0 aliphatic carbocycles. The predicted molar refractivity (Wildman–Crippen MR) is 117 cm³/mol. The zero-order chi connectivity index (χ0) is 23.6. The zero-order valence-electron chi connectivity index (χ0n) is 18.0. The van der Waals surface area contributed by atoms with Gasteiger partial charge in [-0.15, -0.1) is 0 Å². The first-order valence-electron chi connectivity index (χ1n) is 10.6. The maximum Gasteiger partial charge on any atom is 0.143 e. The molecule has 1 aromatic heterocycles. The molecule has 0 bridgehead atoms. The third-order valence-corrected chi connectivity index (χ3v) is 6.35. The van der Waals surface area contributed by atoms with E-state index in [1.54, 1.807) is 13.0 Å². The van der Waals surface area contributed by atoms with Gasteiger partial charge in [-0.05, 0) is 44.0 Å². The fraction of sp³-hybridized carbons (Fsp3) is 0.391. The summed E-state index contributed by atoms with van der Waals surface area (Å²) in [5, 5.41) is 15.7. The van der Waals surface area contributed by atoms with Crippen LogP contribution in [-0.2, 0) is 16.9 Å². The molecular formula is C23H24ClF3N4O2. The summed E-state index contributed by atoms with van der Waals surface area (Å²) < 4.78 is 49.5. The fourth-order valence-corrected chi connectivity index (χ4v) is 4.29. The highest BCUT2D eigenvalue weighted by Gasteiger charge is 2.41. The van der Waals surface area contributed by atoms with Crippen molar-refractivity contribution in [3.05, 3.63) is 77.1 Å². The van der Waals surface area contributed by atoms with Gasteiger partial charge in [0.1, 0.15) is 35.7 Å². The molecule has 1 aliphatic rings. The largest absolute Gasteiger partial charge is 0.380 e. The van der Waals surface area contributed by atoms with Crippen LogP contribution in [0.2, 0.25) is 5.02 Å². The van der Waals surface area contributed by atoms with Crippen molar-refractivity contribution in [2.45, 2.75) is 44.1 Å². The third-order valence-electron chi connectivity index (χ3n) is 6.05. The Hall–Kier alpha value is -2.62. The first-order chi connectivity index (χ1) is 15.8. The van der Waals surface area contributed by atoms with Crippen LogP contribution in [0, 0.1) is 17.5 Å². The molecule has 0 spiro atoms. The summed E-state index contributed by atoms with van der Waals surface area (Å²) >= 11 is 5.77. The molecule has 3 aromatic rings. The Balaban J connectivity index is 1.48. The molecule has 1 fully saturated rings. The molecule has 6 nitrogen and oxygen atoms in total. The number of nitrogens with zero attached hydrogens (tertiary/aromatic N) is 4. The smallest absolute Gasteiger partial charge is 0.143 e. The molecule has 4 rings (SSSR count). The van der Waals surface area contributed by atoms with E-state index in [0.29, 0.717) is 25.9 Å². The Morgan fingerprint density at radius 1 is 1.15 bits per heavy atom. The second-order valence-electron chi connectivity index (χ2n) is 8.20. The van der Waals surface area contributed by atoms with Crippen molar-refractivity contribution >= 4 is 17.3 Å². The molecule has 2 atom stereocenters. The number of piperidine rings is 1. The highest BCUT2D eigenvalue weighted by atomic mass is 35.5. The van der Waals surface area contributed by atoms with Gasteiger partial charge in [0.15, 0.2) is 0 Å². The van der Waals surface area contributed by atoms with Crippen LogP contribution in [0.5, 0.6) is 0 Å². The summed E-state index contributed by atoms with van der Waals surface area (Å²) in [6.45, 7) is 2.76. The number of halogens is 4. The molecule has 1 aliphatic heterocycles. The van der Waals surface area contributed by atoms with E-state index in [9.17, 15) is 18.3 Å². The van der Waals surface area contributed by atoms with Gasteiger partial charge in [0, 0.05) is 30.4 Å². The van der Waals surface area contributed by atoms with Gasteiger partial charge < -0.3 is 14.7 Å². The van der Waals surface area contributed by atoms with Gasteiger partial charge in [-0.25, -0.2) is 22.8 Å². The molecule has 0 amide bonds. The molecule has 33 heavy (non-hydrogen) atoms. The average Bonchev–Trinajstić information content (AvgIpc) is 3.29. The lowest BCUT2D eigenvalue weighted by molar-refractivity contribution is -0.145. The minimum Gasteiger partial charge on any atom is -0.380 e. The summed E-state index contributed by atoms with van der Waals surface area (Å²) in [5.41, 5.74) is -1.16. The SMILES string of the molecule is C[C@@H](OC1CCN(c2ccc(Cl)c(F)c2)CC1)[C@](O)(Cn1cncn1)c1ccc(F)cc1F. The van der Waals surface area contributed by atoms with Gasteiger partial charge in [0.25, 0.3) is 0 Å². The second kappa shape index (κ2) is 9.70. The van der Waals surface area contributed by atoms with E-state index in [1.807, 2.05) is 4.90 Å². The van der Waals surface area contributed by atoms with Crippen LogP contribution in [0.3, 0.4) is 0 Å². The first kappa shape index (κ1) is 23.5. The van der Waals surface area contributed by atoms with Gasteiger partial charge in [-0.1, -0.05) is 17.7 Å². The van der Waals surface area contributed by atoms with E-state index in [0.717, 1.165) is 17.8 Å². The lowest BCUT2D eigenvalue weighted by atomic mass is 9.87. The van der Waals surface area contributed by atoms with Crippen molar-refractivity contribution in [2.75, 3.05) is 18.0 Å². The first-order valence-corrected chi connectivity index (χ1v) is 11.0. The zero-order valence-corrected chi connectivity index (χ0v) is 18.7. The van der Waals surface area contributed by atoms with E-state index < -0.39 is 29.2 Å². The van der Waals surface area contributed by atoms with Crippen LogP contribution < -0.4 is 4.90 Å². The number of benzene rings is 2. The van der Waals surface area contributed by atoms with Crippen LogP contribution in [0.1, 0.15) is 25.3 Å². The fourth-order valence-electron chi connectivity index (χ4n) is 4.17. The normalized spacial score (nSPS) is 17.7. The maximum atomic E-state index is 14.7. The molecule has 2 heterocycles. The Labute approximate surface area is 194 Å². The van der Waals surface area contributed by atoms with Crippen molar-refractivity contribution in [2.24, 2.45) is 0 Å². The lowest BCUT2D eigenvalue weighted by Gasteiger charge is -2.39. The van der Waals surface area contributed by atoms with Gasteiger partial charge in [0.2, 0.25) is 0 Å². The van der Waals surface area contributed by atoms with Crippen molar-refractivity contribution < 1.29 is 23.0 Å². The van der Waals surface area contributed by atoms with E-state index in [4.69, 9.17) is 16.3 Å². The van der Waals surface area contributed by atoms with Crippen LogP contribution in [-0.4, -0.2) is 45.2 Å². The Bertz CT molecular complexity index is 1090. The number of aromatic nitrogens is 3. The van der Waals surface area contributed by atoms with E-state index in [2.05, 4.69) is 10.1 Å². The standard InChI is InChI=1S/C23H24ClF3N4O2/c1-15(33-18-6-8-30(9-7-18)17-3-5-20(24)22(27)11-17)23(32,12-31-14-28-13-29-31)19-4-2-16(25)10-21(19)26/h2-5,10-11,13-15,18,32H,6-9,12H2,1H3/t15-,23-/m1/s1. The maximum absolute atomic E-state index is 14.7. The lowest BCUT2D eigenvalue weighted by Crippen LogP contribution is -2.47. The van der Waals surface area contributed by atoms with Gasteiger partial charge in [-0.3, -0.25) is 0 Å². The highest BCUT2D eigenvalue weighted by Crippen LogP contribution is 2.34. The summed E-state index contributed by atoms with van der Waals surface area (Å²) in [6, 6.07) is 7.75. The van der Waals surface area contributed by atoms with Gasteiger partial charge in [0.05, 0.1) is 23.8 Å². The monoisotopic (exact) mass is 480 g/mol. The van der Waals surface area contributed by atoms with Crippen molar-refractivity contribution in [3.63, 3.8) is 0 Å². The highest BCUT2D eigenvalue weighted by molar-refractivity contribution is 6.30. The summed E-state index contributed by atoms with van der Waals surface area (Å²) in [4.78, 5) is 5.90. The quantitative estimate of drug-likeness (QED) is 0.546. The minimum atomic E-state index is -1.82. The molecule has 1 N–H and O–H groups in total. The summed E-state index contributed by atoms with van der Waals surface area (Å²) in [5.74, 6) is -2.08.